The molecule has 1 aliphatic carbocycles. The van der Waals surface area contributed by atoms with Gasteiger partial charge in [0.05, 0.1) is 21.0 Å². The Morgan fingerprint density at radius 3 is 2.68 bits per heavy atom. The lowest BCUT2D eigenvalue weighted by molar-refractivity contribution is 0.453. The predicted octanol–water partition coefficient (Wildman–Crippen LogP) is 3.76. The van der Waals surface area contributed by atoms with Gasteiger partial charge in [-0.25, -0.2) is 8.42 Å². The summed E-state index contributed by atoms with van der Waals surface area (Å²) in [6, 6.07) is 5.55. The van der Waals surface area contributed by atoms with Crippen LogP contribution in [0, 0.1) is 0 Å². The summed E-state index contributed by atoms with van der Waals surface area (Å²) in [7, 11) is -2.97. The maximum Gasteiger partial charge on any atom is 0.150 e. The lowest BCUT2D eigenvalue weighted by Crippen LogP contribution is -2.34. The quantitative estimate of drug-likeness (QED) is 0.921. The second kappa shape index (κ2) is 5.90. The first-order chi connectivity index (χ1) is 8.88. The predicted molar refractivity (Wildman–Crippen MR) is 81.0 cm³/mol. The number of hydrogen-bond donors (Lipinski definition) is 1. The average Bonchev–Trinajstić information content (AvgIpc) is 2.34. The van der Waals surface area contributed by atoms with E-state index in [1.54, 1.807) is 6.07 Å². The number of anilines is 1. The minimum absolute atomic E-state index is 0.129. The number of nitrogens with one attached hydrogen (secondary N) is 1. The average molecular weight is 322 g/mol. The summed E-state index contributed by atoms with van der Waals surface area (Å²) in [6.45, 7) is 0. The molecular weight excluding hydrogens is 305 g/mol. The Bertz CT molecular complexity index is 560. The number of rotatable bonds is 3. The van der Waals surface area contributed by atoms with E-state index in [1.165, 1.54) is 6.26 Å². The van der Waals surface area contributed by atoms with Crippen LogP contribution < -0.4 is 5.32 Å². The van der Waals surface area contributed by atoms with Crippen molar-refractivity contribution in [1.82, 2.24) is 0 Å². The van der Waals surface area contributed by atoms with Crippen molar-refractivity contribution in [2.45, 2.75) is 37.0 Å². The molecule has 0 amide bonds. The van der Waals surface area contributed by atoms with E-state index in [1.807, 2.05) is 12.1 Å². The molecule has 2 atom stereocenters. The molecule has 1 N–H and O–H groups in total. The van der Waals surface area contributed by atoms with Crippen molar-refractivity contribution in [2.24, 2.45) is 0 Å². The first-order valence-electron chi connectivity index (χ1n) is 6.27. The van der Waals surface area contributed by atoms with Gasteiger partial charge in [-0.1, -0.05) is 35.7 Å². The third kappa shape index (κ3) is 3.77. The molecule has 1 aromatic carbocycles. The number of sulfone groups is 1. The van der Waals surface area contributed by atoms with Crippen molar-refractivity contribution < 1.29 is 8.42 Å². The minimum Gasteiger partial charge on any atom is -0.381 e. The largest absolute Gasteiger partial charge is 0.381 e. The molecule has 0 heterocycles. The summed E-state index contributed by atoms with van der Waals surface area (Å²) in [5, 5.41) is 4.05. The Kier molecular flexibility index (Phi) is 4.64. The van der Waals surface area contributed by atoms with Crippen LogP contribution in [-0.4, -0.2) is 26.0 Å². The number of halogens is 2. The molecule has 6 heteroatoms. The molecule has 0 spiro atoms. The van der Waals surface area contributed by atoms with Gasteiger partial charge in [0, 0.05) is 12.3 Å². The van der Waals surface area contributed by atoms with Gasteiger partial charge in [-0.2, -0.15) is 0 Å². The Balaban J connectivity index is 2.09. The van der Waals surface area contributed by atoms with Crippen molar-refractivity contribution in [2.75, 3.05) is 11.6 Å². The molecule has 106 valence electrons. The Morgan fingerprint density at radius 1 is 1.26 bits per heavy atom. The second-order valence-corrected chi connectivity index (χ2v) is 8.17. The molecule has 3 nitrogen and oxygen atoms in total. The van der Waals surface area contributed by atoms with Crippen molar-refractivity contribution in [3.63, 3.8) is 0 Å². The van der Waals surface area contributed by atoms with Gasteiger partial charge < -0.3 is 5.32 Å². The molecule has 19 heavy (non-hydrogen) atoms. The van der Waals surface area contributed by atoms with Gasteiger partial charge in [-0.05, 0) is 31.4 Å². The highest BCUT2D eigenvalue weighted by molar-refractivity contribution is 7.91. The fourth-order valence-corrected chi connectivity index (χ4v) is 4.03. The van der Waals surface area contributed by atoms with Crippen LogP contribution in [0.5, 0.6) is 0 Å². The molecule has 1 saturated carbocycles. The van der Waals surface area contributed by atoms with Gasteiger partial charge in [0.15, 0.2) is 0 Å². The first-order valence-corrected chi connectivity index (χ1v) is 8.98. The van der Waals surface area contributed by atoms with Crippen LogP contribution in [0.3, 0.4) is 0 Å². The summed E-state index contributed by atoms with van der Waals surface area (Å²) in [5.41, 5.74) is 0.772. The van der Waals surface area contributed by atoms with Gasteiger partial charge >= 0.3 is 0 Å². The lowest BCUT2D eigenvalue weighted by atomic mass is 9.95. The van der Waals surface area contributed by atoms with Crippen molar-refractivity contribution in [3.8, 4) is 0 Å². The zero-order valence-corrected chi connectivity index (χ0v) is 13.0. The summed E-state index contributed by atoms with van der Waals surface area (Å²) in [5.74, 6) is 0. The normalized spacial score (nSPS) is 24.2. The van der Waals surface area contributed by atoms with E-state index in [0.717, 1.165) is 24.9 Å². The highest BCUT2D eigenvalue weighted by Crippen LogP contribution is 2.32. The van der Waals surface area contributed by atoms with Crippen molar-refractivity contribution >= 4 is 38.7 Å². The molecule has 1 fully saturated rings. The van der Waals surface area contributed by atoms with E-state index >= 15 is 0 Å². The molecule has 0 bridgehead atoms. The Morgan fingerprint density at radius 2 is 2.00 bits per heavy atom. The van der Waals surface area contributed by atoms with Crippen molar-refractivity contribution in [3.05, 3.63) is 28.2 Å². The molecule has 0 saturated heterocycles. The standard InChI is InChI=1S/C13H17Cl2NO2S/c1-19(17,18)10-5-2-4-9(8-10)16-12-7-3-6-11(14)13(12)15/h3,6-7,9-10,16H,2,4-5,8H2,1H3. The van der Waals surface area contributed by atoms with Crippen LogP contribution >= 0.6 is 23.2 Å². The molecule has 0 aromatic heterocycles. The van der Waals surface area contributed by atoms with Gasteiger partial charge in [0.2, 0.25) is 0 Å². The highest BCUT2D eigenvalue weighted by Gasteiger charge is 2.29. The van der Waals surface area contributed by atoms with Gasteiger partial charge in [0.1, 0.15) is 9.84 Å². The highest BCUT2D eigenvalue weighted by atomic mass is 35.5. The molecule has 2 rings (SSSR count). The monoisotopic (exact) mass is 321 g/mol. The molecule has 0 aliphatic heterocycles. The van der Waals surface area contributed by atoms with Crippen LogP contribution in [0.15, 0.2) is 18.2 Å². The van der Waals surface area contributed by atoms with Crippen LogP contribution in [0.4, 0.5) is 5.69 Å². The van der Waals surface area contributed by atoms with E-state index in [0.29, 0.717) is 16.5 Å². The SMILES string of the molecule is CS(=O)(=O)C1CCCC(Nc2cccc(Cl)c2Cl)C1. The molecule has 0 radical (unpaired) electrons. The van der Waals surface area contributed by atoms with E-state index < -0.39 is 9.84 Å². The zero-order chi connectivity index (χ0) is 14.0. The van der Waals surface area contributed by atoms with Gasteiger partial charge in [-0.3, -0.25) is 0 Å². The van der Waals surface area contributed by atoms with Gasteiger partial charge in [-0.15, -0.1) is 0 Å². The first kappa shape index (κ1) is 14.9. The molecular formula is C13H17Cl2NO2S. The third-order valence-corrected chi connectivity index (χ3v) is 6.00. The van der Waals surface area contributed by atoms with E-state index in [2.05, 4.69) is 5.32 Å². The van der Waals surface area contributed by atoms with E-state index in [-0.39, 0.29) is 11.3 Å². The maximum atomic E-state index is 11.6. The van der Waals surface area contributed by atoms with E-state index in [9.17, 15) is 8.42 Å². The zero-order valence-electron chi connectivity index (χ0n) is 10.7. The van der Waals surface area contributed by atoms with E-state index in [4.69, 9.17) is 23.2 Å². The lowest BCUT2D eigenvalue weighted by Gasteiger charge is -2.29. The summed E-state index contributed by atoms with van der Waals surface area (Å²) in [4.78, 5) is 0. The fraction of sp³-hybridized carbons (Fsp3) is 0.538. The Hall–Kier alpha value is -0.450. The second-order valence-electron chi connectivity index (χ2n) is 5.06. The molecule has 1 aliphatic rings. The fourth-order valence-electron chi connectivity index (χ4n) is 2.50. The smallest absolute Gasteiger partial charge is 0.150 e. The summed E-state index contributed by atoms with van der Waals surface area (Å²) >= 11 is 12.1. The summed E-state index contributed by atoms with van der Waals surface area (Å²) < 4.78 is 23.3. The van der Waals surface area contributed by atoms with Gasteiger partial charge in [0.25, 0.3) is 0 Å². The number of benzene rings is 1. The number of hydrogen-bond acceptors (Lipinski definition) is 3. The Labute approximate surface area is 124 Å². The molecule has 1 aromatic rings. The van der Waals surface area contributed by atoms with Crippen molar-refractivity contribution in [1.29, 1.82) is 0 Å². The van der Waals surface area contributed by atoms with Crippen LogP contribution in [0.25, 0.3) is 0 Å². The summed E-state index contributed by atoms with van der Waals surface area (Å²) in [6.07, 6.45) is 4.55. The minimum atomic E-state index is -2.97. The van der Waals surface area contributed by atoms with Crippen LogP contribution in [0.2, 0.25) is 10.0 Å². The molecule has 2 unspecified atom stereocenters. The third-order valence-electron chi connectivity index (χ3n) is 3.54. The maximum absolute atomic E-state index is 11.6. The topological polar surface area (TPSA) is 46.2 Å². The van der Waals surface area contributed by atoms with Crippen LogP contribution in [-0.2, 0) is 9.84 Å². The van der Waals surface area contributed by atoms with Crippen LogP contribution in [0.1, 0.15) is 25.7 Å².